The number of aliphatic imine (C=N–C) groups is 1. The van der Waals surface area contributed by atoms with E-state index in [1.165, 1.54) is 4.90 Å². The molecule has 1 aromatic rings. The highest BCUT2D eigenvalue weighted by Crippen LogP contribution is 2.39. The van der Waals surface area contributed by atoms with Gasteiger partial charge in [-0.25, -0.2) is 0 Å². The summed E-state index contributed by atoms with van der Waals surface area (Å²) in [4.78, 5) is 5.84. The van der Waals surface area contributed by atoms with Crippen LogP contribution in [0.25, 0.3) is 0 Å². The maximum absolute atomic E-state index is 5.95. The second-order valence-electron chi connectivity index (χ2n) is 3.43. The number of fused-ring (bicyclic) bond motifs is 2. The maximum atomic E-state index is 5.95. The van der Waals surface area contributed by atoms with Gasteiger partial charge in [-0.05, 0) is 24.3 Å². The van der Waals surface area contributed by atoms with Crippen LogP contribution in [-0.4, -0.2) is 11.0 Å². The van der Waals surface area contributed by atoms with Crippen molar-refractivity contribution >= 4 is 34.8 Å². The Hall–Kier alpha value is -0.990. The Morgan fingerprint density at radius 2 is 2.13 bits per heavy atom. The van der Waals surface area contributed by atoms with Crippen LogP contribution in [0.15, 0.2) is 57.4 Å². The summed E-state index contributed by atoms with van der Waals surface area (Å²) in [5.74, 6) is 0. The molecule has 3 heteroatoms. The third-order valence-corrected chi connectivity index (χ3v) is 3.86. The Balaban J connectivity index is 2.11. The lowest BCUT2D eigenvalue weighted by Gasteiger charge is -2.22. The molecule has 0 radical (unpaired) electrons. The van der Waals surface area contributed by atoms with E-state index in [9.17, 15) is 0 Å². The van der Waals surface area contributed by atoms with Crippen molar-refractivity contribution in [3.8, 4) is 0 Å². The Morgan fingerprint density at radius 1 is 1.27 bits per heavy atom. The van der Waals surface area contributed by atoms with Crippen molar-refractivity contribution < 1.29 is 0 Å². The first-order valence-electron chi connectivity index (χ1n) is 4.72. The Kier molecular flexibility index (Phi) is 2.19. The van der Waals surface area contributed by atoms with Gasteiger partial charge in [-0.2, -0.15) is 0 Å². The molecule has 0 spiro atoms. The predicted octanol–water partition coefficient (Wildman–Crippen LogP) is 3.93. The summed E-state index contributed by atoms with van der Waals surface area (Å²) >= 11 is 7.77. The Morgan fingerprint density at radius 3 is 3.07 bits per heavy atom. The van der Waals surface area contributed by atoms with Crippen LogP contribution in [-0.2, 0) is 0 Å². The van der Waals surface area contributed by atoms with Crippen molar-refractivity contribution in [1.82, 2.24) is 0 Å². The number of hydrogen-bond acceptors (Lipinski definition) is 2. The van der Waals surface area contributed by atoms with Crippen LogP contribution in [0, 0.1) is 0 Å². The number of rotatable bonds is 0. The molecule has 1 aliphatic carbocycles. The van der Waals surface area contributed by atoms with E-state index in [0.29, 0.717) is 5.25 Å². The molecule has 2 aliphatic rings. The summed E-state index contributed by atoms with van der Waals surface area (Å²) in [6, 6.07) is 8.19. The van der Waals surface area contributed by atoms with E-state index in [0.717, 1.165) is 16.4 Å². The highest BCUT2D eigenvalue weighted by Gasteiger charge is 2.22. The van der Waals surface area contributed by atoms with Gasteiger partial charge in [0.1, 0.15) is 0 Å². The molecule has 0 saturated carbocycles. The average Bonchev–Trinajstić information content (AvgIpc) is 2.26. The van der Waals surface area contributed by atoms with Gasteiger partial charge >= 0.3 is 0 Å². The summed E-state index contributed by atoms with van der Waals surface area (Å²) in [6.45, 7) is 0. The fraction of sp³-hybridized carbons (Fsp3) is 0.0833. The zero-order chi connectivity index (χ0) is 10.3. The molecule has 1 heterocycles. The number of nitrogens with zero attached hydrogens (tertiary/aromatic N) is 1. The second kappa shape index (κ2) is 3.54. The number of hydrogen-bond donors (Lipinski definition) is 0. The Labute approximate surface area is 97.6 Å². The van der Waals surface area contributed by atoms with E-state index in [1.54, 1.807) is 0 Å². The van der Waals surface area contributed by atoms with Crippen molar-refractivity contribution in [1.29, 1.82) is 0 Å². The molecule has 3 rings (SSSR count). The minimum absolute atomic E-state index is 0.322. The van der Waals surface area contributed by atoms with Crippen molar-refractivity contribution in [2.75, 3.05) is 0 Å². The van der Waals surface area contributed by atoms with Gasteiger partial charge in [0.05, 0.1) is 16.6 Å². The number of benzene rings is 1. The fourth-order valence-corrected chi connectivity index (χ4v) is 2.92. The fourth-order valence-electron chi connectivity index (χ4n) is 1.67. The van der Waals surface area contributed by atoms with Crippen LogP contribution in [0.3, 0.4) is 0 Å². The van der Waals surface area contributed by atoms with Crippen LogP contribution in [0.2, 0.25) is 0 Å². The van der Waals surface area contributed by atoms with E-state index in [1.807, 2.05) is 42.1 Å². The van der Waals surface area contributed by atoms with Gasteiger partial charge < -0.3 is 0 Å². The van der Waals surface area contributed by atoms with Gasteiger partial charge in [0.25, 0.3) is 0 Å². The number of thioether (sulfide) groups is 1. The first-order valence-corrected chi connectivity index (χ1v) is 5.98. The molecule has 74 valence electrons. The topological polar surface area (TPSA) is 12.4 Å². The van der Waals surface area contributed by atoms with Crippen LogP contribution >= 0.6 is 23.4 Å². The maximum Gasteiger partial charge on any atom is 0.0769 e. The molecule has 1 unspecified atom stereocenters. The molecular weight excluding hydrogens is 226 g/mol. The van der Waals surface area contributed by atoms with Crippen LogP contribution < -0.4 is 0 Å². The zero-order valence-electron chi connectivity index (χ0n) is 7.85. The second-order valence-corrected chi connectivity index (χ2v) is 5.05. The number of halogens is 1. The number of para-hydroxylation sites is 1. The minimum Gasteiger partial charge on any atom is -0.251 e. The lowest BCUT2D eigenvalue weighted by molar-refractivity contribution is 1.29. The van der Waals surface area contributed by atoms with Gasteiger partial charge in [0, 0.05) is 9.93 Å². The van der Waals surface area contributed by atoms with Gasteiger partial charge in [-0.3, -0.25) is 4.99 Å². The first kappa shape index (κ1) is 9.25. The van der Waals surface area contributed by atoms with E-state index >= 15 is 0 Å². The third kappa shape index (κ3) is 1.64. The first-order chi connectivity index (χ1) is 7.33. The third-order valence-electron chi connectivity index (χ3n) is 2.38. The minimum atomic E-state index is 0.322. The van der Waals surface area contributed by atoms with E-state index in [-0.39, 0.29) is 0 Å². The lowest BCUT2D eigenvalue weighted by atomic mass is 10.1. The zero-order valence-corrected chi connectivity index (χ0v) is 9.42. The normalized spacial score (nSPS) is 22.6. The highest BCUT2D eigenvalue weighted by molar-refractivity contribution is 8.01. The largest absolute Gasteiger partial charge is 0.251 e. The van der Waals surface area contributed by atoms with Gasteiger partial charge in [0.2, 0.25) is 0 Å². The molecular formula is C12H8ClNS. The molecule has 0 bridgehead atoms. The van der Waals surface area contributed by atoms with Gasteiger partial charge in [-0.1, -0.05) is 29.8 Å². The summed E-state index contributed by atoms with van der Waals surface area (Å²) < 4.78 is 0. The highest BCUT2D eigenvalue weighted by atomic mass is 35.5. The molecule has 0 aromatic heterocycles. The van der Waals surface area contributed by atoms with Crippen LogP contribution in [0.4, 0.5) is 5.69 Å². The molecule has 1 aliphatic heterocycles. The van der Waals surface area contributed by atoms with Crippen molar-refractivity contribution in [3.05, 3.63) is 47.5 Å². The molecule has 0 fully saturated rings. The molecule has 0 saturated heterocycles. The monoisotopic (exact) mass is 233 g/mol. The summed E-state index contributed by atoms with van der Waals surface area (Å²) in [6.07, 6.45) is 5.98. The molecule has 1 atom stereocenters. The summed E-state index contributed by atoms with van der Waals surface area (Å²) in [5, 5.41) is 1.08. The molecule has 0 N–H and O–H groups in total. The van der Waals surface area contributed by atoms with Crippen molar-refractivity contribution in [2.24, 2.45) is 4.99 Å². The predicted molar refractivity (Wildman–Crippen MR) is 66.3 cm³/mol. The average molecular weight is 234 g/mol. The SMILES string of the molecule is ClC1=CC2=Nc3ccccc3SC2C=C1. The van der Waals surface area contributed by atoms with E-state index in [4.69, 9.17) is 11.6 Å². The standard InChI is InChI=1S/C12H8ClNS/c13-8-5-6-12-10(7-8)14-9-3-1-2-4-11(9)15-12/h1-7,12H. The Bertz CT molecular complexity index is 502. The van der Waals surface area contributed by atoms with Crippen LogP contribution in [0.5, 0.6) is 0 Å². The van der Waals surface area contributed by atoms with Gasteiger partial charge in [-0.15, -0.1) is 11.8 Å². The van der Waals surface area contributed by atoms with E-state index in [2.05, 4.69) is 17.1 Å². The smallest absolute Gasteiger partial charge is 0.0769 e. The number of allylic oxidation sites excluding steroid dienone is 3. The van der Waals surface area contributed by atoms with Crippen molar-refractivity contribution in [2.45, 2.75) is 10.1 Å². The van der Waals surface area contributed by atoms with Gasteiger partial charge in [0.15, 0.2) is 0 Å². The molecule has 0 amide bonds. The summed E-state index contributed by atoms with van der Waals surface area (Å²) in [7, 11) is 0. The molecule has 15 heavy (non-hydrogen) atoms. The van der Waals surface area contributed by atoms with E-state index < -0.39 is 0 Å². The van der Waals surface area contributed by atoms with Crippen LogP contribution in [0.1, 0.15) is 0 Å². The lowest BCUT2D eigenvalue weighted by Crippen LogP contribution is -2.17. The summed E-state index contributed by atoms with van der Waals surface area (Å²) in [5.41, 5.74) is 2.09. The molecule has 1 nitrogen and oxygen atoms in total. The quantitative estimate of drug-likeness (QED) is 0.662. The van der Waals surface area contributed by atoms with Crippen molar-refractivity contribution in [3.63, 3.8) is 0 Å². The molecule has 1 aromatic carbocycles.